The van der Waals surface area contributed by atoms with Crippen LogP contribution >= 0.6 is 11.3 Å². The molecule has 1 N–H and O–H groups in total. The molecule has 2 aromatic heterocycles. The summed E-state index contributed by atoms with van der Waals surface area (Å²) in [7, 11) is 3.36. The first kappa shape index (κ1) is 13.6. The van der Waals surface area contributed by atoms with E-state index in [0.29, 0.717) is 17.9 Å². The largest absolute Gasteiger partial charge is 0.497 e. The first-order chi connectivity index (χ1) is 10.2. The molecule has 6 heteroatoms. The highest BCUT2D eigenvalue weighted by Crippen LogP contribution is 2.18. The molecular weight excluding hydrogens is 286 g/mol. The summed E-state index contributed by atoms with van der Waals surface area (Å²) >= 11 is 1.47. The van der Waals surface area contributed by atoms with Crippen molar-refractivity contribution in [3.05, 3.63) is 51.6 Å². The molecule has 0 aliphatic heterocycles. The molecule has 0 saturated carbocycles. The highest BCUT2D eigenvalue weighted by molar-refractivity contribution is 7.16. The lowest BCUT2D eigenvalue weighted by Gasteiger charge is -2.10. The Morgan fingerprint density at radius 1 is 1.38 bits per heavy atom. The number of anilines is 1. The van der Waals surface area contributed by atoms with Crippen LogP contribution in [0.4, 0.5) is 5.95 Å². The van der Waals surface area contributed by atoms with Gasteiger partial charge in [0.25, 0.3) is 5.56 Å². The molecule has 0 fully saturated rings. The number of nitrogens with zero attached hydrogens (tertiary/aromatic N) is 2. The van der Waals surface area contributed by atoms with Crippen LogP contribution in [0.1, 0.15) is 5.56 Å². The van der Waals surface area contributed by atoms with Crippen LogP contribution in [0.3, 0.4) is 0 Å². The molecule has 0 spiro atoms. The number of fused-ring (bicyclic) bond motifs is 1. The number of hydrogen-bond donors (Lipinski definition) is 1. The first-order valence-corrected chi connectivity index (χ1v) is 7.38. The molecule has 1 aromatic carbocycles. The van der Waals surface area contributed by atoms with Gasteiger partial charge in [-0.2, -0.15) is 0 Å². The van der Waals surface area contributed by atoms with Crippen LogP contribution in [0.2, 0.25) is 0 Å². The normalized spacial score (nSPS) is 10.8. The van der Waals surface area contributed by atoms with E-state index in [1.807, 2.05) is 29.6 Å². The standard InChI is InChI=1S/C15H15N3O2S/c1-18-14(19)12-6-7-21-13(12)17-15(18)16-9-10-4-3-5-11(8-10)20-2/h3-8H,9H2,1-2H3,(H,16,17). The molecule has 0 aliphatic carbocycles. The molecule has 21 heavy (non-hydrogen) atoms. The lowest BCUT2D eigenvalue weighted by molar-refractivity contribution is 0.414. The van der Waals surface area contributed by atoms with Crippen LogP contribution in [0, 0.1) is 0 Å². The Kier molecular flexibility index (Phi) is 3.62. The monoisotopic (exact) mass is 301 g/mol. The number of hydrogen-bond acceptors (Lipinski definition) is 5. The van der Waals surface area contributed by atoms with Crippen molar-refractivity contribution in [3.63, 3.8) is 0 Å². The van der Waals surface area contributed by atoms with Crippen LogP contribution in [-0.2, 0) is 13.6 Å². The molecule has 0 amide bonds. The first-order valence-electron chi connectivity index (χ1n) is 6.50. The number of methoxy groups -OCH3 is 1. The zero-order valence-electron chi connectivity index (χ0n) is 11.8. The number of ether oxygens (including phenoxy) is 1. The Hall–Kier alpha value is -2.34. The van der Waals surface area contributed by atoms with E-state index in [2.05, 4.69) is 10.3 Å². The van der Waals surface area contributed by atoms with Gasteiger partial charge in [0.05, 0.1) is 12.5 Å². The maximum Gasteiger partial charge on any atom is 0.263 e. The number of nitrogens with one attached hydrogen (secondary N) is 1. The minimum atomic E-state index is -0.0330. The van der Waals surface area contributed by atoms with Crippen LogP contribution in [0.15, 0.2) is 40.5 Å². The third kappa shape index (κ3) is 2.62. The average Bonchev–Trinajstić information content (AvgIpc) is 2.98. The van der Waals surface area contributed by atoms with Gasteiger partial charge in [-0.1, -0.05) is 12.1 Å². The molecular formula is C15H15N3O2S. The van der Waals surface area contributed by atoms with Crippen molar-refractivity contribution in [3.8, 4) is 5.75 Å². The number of aromatic nitrogens is 2. The molecule has 0 unspecified atom stereocenters. The summed E-state index contributed by atoms with van der Waals surface area (Å²) < 4.78 is 6.74. The summed E-state index contributed by atoms with van der Waals surface area (Å²) in [5.41, 5.74) is 1.03. The van der Waals surface area contributed by atoms with E-state index in [1.54, 1.807) is 20.2 Å². The Labute approximate surface area is 125 Å². The van der Waals surface area contributed by atoms with E-state index in [1.165, 1.54) is 15.9 Å². The zero-order valence-corrected chi connectivity index (χ0v) is 12.6. The highest BCUT2D eigenvalue weighted by atomic mass is 32.1. The van der Waals surface area contributed by atoms with E-state index < -0.39 is 0 Å². The van der Waals surface area contributed by atoms with Crippen molar-refractivity contribution in [1.29, 1.82) is 0 Å². The Bertz CT molecular complexity index is 838. The van der Waals surface area contributed by atoms with Crippen LogP contribution in [-0.4, -0.2) is 16.7 Å². The Morgan fingerprint density at radius 3 is 3.05 bits per heavy atom. The zero-order chi connectivity index (χ0) is 14.8. The second kappa shape index (κ2) is 5.57. The summed E-state index contributed by atoms with van der Waals surface area (Å²) in [4.78, 5) is 17.4. The molecule has 3 rings (SSSR count). The Balaban J connectivity index is 1.87. The predicted molar refractivity (Wildman–Crippen MR) is 85.2 cm³/mol. The van der Waals surface area contributed by atoms with E-state index >= 15 is 0 Å². The molecule has 2 heterocycles. The van der Waals surface area contributed by atoms with Crippen LogP contribution in [0.5, 0.6) is 5.75 Å². The Morgan fingerprint density at radius 2 is 2.24 bits per heavy atom. The van der Waals surface area contributed by atoms with Crippen molar-refractivity contribution in [1.82, 2.24) is 9.55 Å². The second-order valence-corrected chi connectivity index (χ2v) is 5.54. The van der Waals surface area contributed by atoms with E-state index in [-0.39, 0.29) is 5.56 Å². The average molecular weight is 301 g/mol. The lowest BCUT2D eigenvalue weighted by Crippen LogP contribution is -2.21. The topological polar surface area (TPSA) is 56.1 Å². The van der Waals surface area contributed by atoms with Gasteiger partial charge in [-0.05, 0) is 29.1 Å². The lowest BCUT2D eigenvalue weighted by atomic mass is 10.2. The molecule has 108 valence electrons. The number of benzene rings is 1. The molecule has 0 bridgehead atoms. The quantitative estimate of drug-likeness (QED) is 0.805. The third-order valence-electron chi connectivity index (χ3n) is 3.29. The minimum absolute atomic E-state index is 0.0330. The third-order valence-corrected chi connectivity index (χ3v) is 4.10. The second-order valence-electron chi connectivity index (χ2n) is 4.64. The summed E-state index contributed by atoms with van der Waals surface area (Å²) in [5, 5.41) is 5.75. The van der Waals surface area contributed by atoms with Gasteiger partial charge < -0.3 is 10.1 Å². The van der Waals surface area contributed by atoms with Crippen molar-refractivity contribution in [2.24, 2.45) is 7.05 Å². The van der Waals surface area contributed by atoms with Gasteiger partial charge in [0.2, 0.25) is 5.95 Å². The van der Waals surface area contributed by atoms with Crippen molar-refractivity contribution in [2.75, 3.05) is 12.4 Å². The fourth-order valence-electron chi connectivity index (χ4n) is 2.12. The van der Waals surface area contributed by atoms with E-state index in [0.717, 1.165) is 16.1 Å². The van der Waals surface area contributed by atoms with E-state index in [9.17, 15) is 4.79 Å². The highest BCUT2D eigenvalue weighted by Gasteiger charge is 2.08. The van der Waals surface area contributed by atoms with Crippen molar-refractivity contribution < 1.29 is 4.74 Å². The van der Waals surface area contributed by atoms with Gasteiger partial charge in [-0.3, -0.25) is 9.36 Å². The van der Waals surface area contributed by atoms with Gasteiger partial charge in [0.1, 0.15) is 10.6 Å². The molecule has 0 radical (unpaired) electrons. The summed E-state index contributed by atoms with van der Waals surface area (Å²) in [5.74, 6) is 1.38. The number of rotatable bonds is 4. The van der Waals surface area contributed by atoms with Crippen molar-refractivity contribution in [2.45, 2.75) is 6.54 Å². The summed E-state index contributed by atoms with van der Waals surface area (Å²) in [6.07, 6.45) is 0. The number of thiophene rings is 1. The van der Waals surface area contributed by atoms with Crippen LogP contribution < -0.4 is 15.6 Å². The molecule has 5 nitrogen and oxygen atoms in total. The summed E-state index contributed by atoms with van der Waals surface area (Å²) in [6, 6.07) is 9.59. The fraction of sp³-hybridized carbons (Fsp3) is 0.200. The van der Waals surface area contributed by atoms with Gasteiger partial charge in [-0.25, -0.2) is 4.98 Å². The SMILES string of the molecule is COc1cccc(CNc2nc3sccc3c(=O)n2C)c1. The van der Waals surface area contributed by atoms with Crippen molar-refractivity contribution >= 4 is 27.5 Å². The molecule has 0 aliphatic rings. The van der Waals surface area contributed by atoms with Gasteiger partial charge in [0.15, 0.2) is 0 Å². The fourth-order valence-corrected chi connectivity index (χ4v) is 2.87. The maximum atomic E-state index is 12.2. The van der Waals surface area contributed by atoms with Crippen LogP contribution in [0.25, 0.3) is 10.2 Å². The minimum Gasteiger partial charge on any atom is -0.497 e. The van der Waals surface area contributed by atoms with E-state index in [4.69, 9.17) is 4.74 Å². The molecule has 0 saturated heterocycles. The molecule has 0 atom stereocenters. The predicted octanol–water partition coefficient (Wildman–Crippen LogP) is 2.62. The maximum absolute atomic E-state index is 12.2. The van der Waals surface area contributed by atoms with Gasteiger partial charge in [-0.15, -0.1) is 11.3 Å². The van der Waals surface area contributed by atoms with Gasteiger partial charge in [0, 0.05) is 13.6 Å². The van der Waals surface area contributed by atoms with Gasteiger partial charge >= 0.3 is 0 Å². The molecule has 3 aromatic rings. The summed E-state index contributed by atoms with van der Waals surface area (Å²) in [6.45, 7) is 0.578. The smallest absolute Gasteiger partial charge is 0.263 e.